The molecule has 0 radical (unpaired) electrons. The number of carbonyl (C=O) groups is 3. The number of carboxylic acid groups (broad SMARTS) is 1. The minimum atomic E-state index is -1.19. The molecule has 3 atom stereocenters. The second kappa shape index (κ2) is 5.78. The summed E-state index contributed by atoms with van der Waals surface area (Å²) < 4.78 is 0. The number of aliphatic hydroxyl groups is 1. The first-order chi connectivity index (χ1) is 8.34. The molecule has 1 aliphatic rings. The van der Waals surface area contributed by atoms with Crippen LogP contribution in [0.25, 0.3) is 0 Å². The molecule has 8 nitrogen and oxygen atoms in total. The van der Waals surface area contributed by atoms with E-state index in [-0.39, 0.29) is 13.0 Å². The van der Waals surface area contributed by atoms with Crippen molar-refractivity contribution in [2.45, 2.75) is 31.5 Å². The third kappa shape index (κ3) is 3.17. The third-order valence-corrected chi connectivity index (χ3v) is 2.72. The van der Waals surface area contributed by atoms with E-state index in [4.69, 9.17) is 10.8 Å². The van der Waals surface area contributed by atoms with Crippen molar-refractivity contribution in [3.8, 4) is 0 Å². The number of nitrogens with two attached hydrogens (primary N) is 1. The lowest BCUT2D eigenvalue weighted by molar-refractivity contribution is -0.143. The highest BCUT2D eigenvalue weighted by atomic mass is 16.4. The molecule has 1 rings (SSSR count). The van der Waals surface area contributed by atoms with Gasteiger partial charge in [0.2, 0.25) is 11.8 Å². The Morgan fingerprint density at radius 2 is 2.11 bits per heavy atom. The summed E-state index contributed by atoms with van der Waals surface area (Å²) >= 11 is 0. The highest BCUT2D eigenvalue weighted by Crippen LogP contribution is 2.19. The Kier molecular flexibility index (Phi) is 4.62. The van der Waals surface area contributed by atoms with E-state index in [1.54, 1.807) is 0 Å². The molecule has 0 saturated carbocycles. The number of amides is 2. The Bertz CT molecular complexity index is 357. The number of nitrogens with zero attached hydrogens (tertiary/aromatic N) is 1. The van der Waals surface area contributed by atoms with E-state index >= 15 is 0 Å². The fourth-order valence-corrected chi connectivity index (χ4v) is 1.87. The second-order valence-corrected chi connectivity index (χ2v) is 4.23. The monoisotopic (exact) mass is 259 g/mol. The summed E-state index contributed by atoms with van der Waals surface area (Å²) in [6.07, 6.45) is -0.731. The van der Waals surface area contributed by atoms with E-state index in [1.807, 2.05) is 0 Å². The van der Waals surface area contributed by atoms with Gasteiger partial charge in [-0.3, -0.25) is 14.4 Å². The van der Waals surface area contributed by atoms with Crippen molar-refractivity contribution >= 4 is 17.8 Å². The molecule has 8 heteroatoms. The van der Waals surface area contributed by atoms with Crippen LogP contribution in [0, 0.1) is 0 Å². The molecule has 0 aromatic heterocycles. The van der Waals surface area contributed by atoms with Gasteiger partial charge in [-0.25, -0.2) is 0 Å². The largest absolute Gasteiger partial charge is 0.480 e. The molecular weight excluding hydrogens is 242 g/mol. The number of likely N-dealkylation sites (tertiary alicyclic amines) is 1. The third-order valence-electron chi connectivity index (χ3n) is 2.72. The van der Waals surface area contributed by atoms with Crippen molar-refractivity contribution in [2.75, 3.05) is 13.1 Å². The van der Waals surface area contributed by atoms with Gasteiger partial charge in [-0.15, -0.1) is 0 Å². The molecule has 0 bridgehead atoms. The molecule has 1 fully saturated rings. The van der Waals surface area contributed by atoms with E-state index in [0.29, 0.717) is 0 Å². The quantitative estimate of drug-likeness (QED) is 0.441. The average molecular weight is 259 g/mol. The lowest BCUT2D eigenvalue weighted by Gasteiger charge is -2.26. The minimum Gasteiger partial charge on any atom is -0.480 e. The lowest BCUT2D eigenvalue weighted by Crippen LogP contribution is -2.54. The van der Waals surface area contributed by atoms with Gasteiger partial charge < -0.3 is 26.2 Å². The van der Waals surface area contributed by atoms with Gasteiger partial charge in [0.05, 0.1) is 12.1 Å². The van der Waals surface area contributed by atoms with Crippen LogP contribution in [0.3, 0.4) is 0 Å². The summed E-state index contributed by atoms with van der Waals surface area (Å²) in [5.74, 6) is -2.32. The van der Waals surface area contributed by atoms with E-state index in [2.05, 4.69) is 5.32 Å². The van der Waals surface area contributed by atoms with Gasteiger partial charge in [0, 0.05) is 6.54 Å². The van der Waals surface area contributed by atoms with Crippen LogP contribution < -0.4 is 11.1 Å². The number of aliphatic carboxylic acids is 1. The summed E-state index contributed by atoms with van der Waals surface area (Å²) in [4.78, 5) is 35.0. The van der Waals surface area contributed by atoms with Crippen LogP contribution in [-0.4, -0.2) is 64.2 Å². The van der Waals surface area contributed by atoms with E-state index in [9.17, 15) is 19.5 Å². The lowest BCUT2D eigenvalue weighted by atomic mass is 10.1. The Morgan fingerprint density at radius 3 is 2.61 bits per heavy atom. The predicted molar refractivity (Wildman–Crippen MR) is 60.4 cm³/mol. The zero-order chi connectivity index (χ0) is 13.9. The molecule has 1 saturated heterocycles. The summed E-state index contributed by atoms with van der Waals surface area (Å²) in [5.41, 5.74) is 5.45. The highest BCUT2D eigenvalue weighted by molar-refractivity contribution is 5.91. The molecule has 0 spiro atoms. The fraction of sp³-hybridized carbons (Fsp3) is 0.700. The molecule has 18 heavy (non-hydrogen) atoms. The van der Waals surface area contributed by atoms with Crippen molar-refractivity contribution in [2.24, 2.45) is 5.73 Å². The number of nitrogens with one attached hydrogen (secondary N) is 1. The first kappa shape index (κ1) is 14.4. The first-order valence-electron chi connectivity index (χ1n) is 5.58. The second-order valence-electron chi connectivity index (χ2n) is 4.23. The highest BCUT2D eigenvalue weighted by Gasteiger charge is 2.41. The van der Waals surface area contributed by atoms with Crippen LogP contribution >= 0.6 is 0 Å². The maximum Gasteiger partial charge on any atom is 0.322 e. The van der Waals surface area contributed by atoms with E-state index in [1.165, 1.54) is 11.8 Å². The molecule has 5 N–H and O–H groups in total. The van der Waals surface area contributed by atoms with E-state index in [0.717, 1.165) is 0 Å². The van der Waals surface area contributed by atoms with Crippen molar-refractivity contribution in [3.05, 3.63) is 0 Å². The van der Waals surface area contributed by atoms with Crippen molar-refractivity contribution < 1.29 is 24.6 Å². The smallest absolute Gasteiger partial charge is 0.322 e. The zero-order valence-electron chi connectivity index (χ0n) is 10.00. The van der Waals surface area contributed by atoms with Gasteiger partial charge in [-0.05, 0) is 13.3 Å². The molecule has 102 valence electrons. The van der Waals surface area contributed by atoms with Gasteiger partial charge in [0.1, 0.15) is 12.6 Å². The van der Waals surface area contributed by atoms with Crippen LogP contribution in [0.2, 0.25) is 0 Å². The number of rotatable bonds is 4. The van der Waals surface area contributed by atoms with Crippen LogP contribution in [0.5, 0.6) is 0 Å². The van der Waals surface area contributed by atoms with E-state index < -0.39 is 42.5 Å². The summed E-state index contributed by atoms with van der Waals surface area (Å²) in [6.45, 7) is 1.16. The fourth-order valence-electron chi connectivity index (χ4n) is 1.87. The summed E-state index contributed by atoms with van der Waals surface area (Å²) in [5, 5.41) is 20.3. The molecule has 1 heterocycles. The first-order valence-corrected chi connectivity index (χ1v) is 5.58. The predicted octanol–water partition coefficient (Wildman–Crippen LogP) is -2.50. The van der Waals surface area contributed by atoms with Gasteiger partial charge in [0.25, 0.3) is 0 Å². The standard InChI is InChI=1S/C10H17N3O5/c1-5(11)10(18)13-3-2-6(14)8(13)9(17)12-4-7(15)16/h5-6,8,14H,2-4,11H2,1H3,(H,12,17)(H,15,16)/t5-,6?,8-/m0/s1. The molecule has 2 amide bonds. The molecule has 0 aromatic carbocycles. The molecule has 1 aliphatic heterocycles. The normalized spacial score (nSPS) is 24.7. The number of carbonyl (C=O) groups excluding carboxylic acids is 2. The minimum absolute atomic E-state index is 0.229. The SMILES string of the molecule is C[C@H](N)C(=O)N1CCC(O)[C@H]1C(=O)NCC(=O)O. The van der Waals surface area contributed by atoms with Crippen LogP contribution in [0.1, 0.15) is 13.3 Å². The maximum atomic E-state index is 11.7. The summed E-state index contributed by atoms with van der Waals surface area (Å²) in [7, 11) is 0. The average Bonchev–Trinajstić information content (AvgIpc) is 2.66. The number of hydrogen-bond donors (Lipinski definition) is 4. The van der Waals surface area contributed by atoms with Gasteiger partial charge >= 0.3 is 5.97 Å². The number of carboxylic acids is 1. The van der Waals surface area contributed by atoms with Crippen LogP contribution in [0.4, 0.5) is 0 Å². The van der Waals surface area contributed by atoms with Crippen LogP contribution in [-0.2, 0) is 14.4 Å². The Hall–Kier alpha value is -1.67. The topological polar surface area (TPSA) is 133 Å². The van der Waals surface area contributed by atoms with Gasteiger partial charge in [-0.1, -0.05) is 0 Å². The summed E-state index contributed by atoms with van der Waals surface area (Å²) in [6, 6.07) is -1.84. The maximum absolute atomic E-state index is 11.7. The van der Waals surface area contributed by atoms with Crippen molar-refractivity contribution in [1.29, 1.82) is 0 Å². The Labute approximate surface area is 104 Å². The Morgan fingerprint density at radius 1 is 1.50 bits per heavy atom. The number of hydrogen-bond acceptors (Lipinski definition) is 5. The van der Waals surface area contributed by atoms with Crippen molar-refractivity contribution in [1.82, 2.24) is 10.2 Å². The van der Waals surface area contributed by atoms with Crippen LogP contribution in [0.15, 0.2) is 0 Å². The van der Waals surface area contributed by atoms with Gasteiger partial charge in [-0.2, -0.15) is 0 Å². The Balaban J connectivity index is 2.72. The molecular formula is C10H17N3O5. The molecule has 1 unspecified atom stereocenters. The molecule has 0 aromatic rings. The molecule has 0 aliphatic carbocycles. The van der Waals surface area contributed by atoms with Crippen molar-refractivity contribution in [3.63, 3.8) is 0 Å². The van der Waals surface area contributed by atoms with Gasteiger partial charge in [0.15, 0.2) is 0 Å². The zero-order valence-corrected chi connectivity index (χ0v) is 10.00. The number of aliphatic hydroxyl groups excluding tert-OH is 1.